The molecule has 94 valence electrons. The third-order valence-corrected chi connectivity index (χ3v) is 2.71. The molecule has 0 heterocycles. The Morgan fingerprint density at radius 3 is 2.67 bits per heavy atom. The van der Waals surface area contributed by atoms with E-state index in [1.807, 2.05) is 37.3 Å². The quantitative estimate of drug-likeness (QED) is 0.857. The first-order valence-electron chi connectivity index (χ1n) is 5.98. The van der Waals surface area contributed by atoms with Gasteiger partial charge in [0.05, 0.1) is 6.61 Å². The van der Waals surface area contributed by atoms with Gasteiger partial charge in [0, 0.05) is 17.7 Å². The molecule has 1 aliphatic carbocycles. The van der Waals surface area contributed by atoms with Crippen molar-refractivity contribution in [2.75, 3.05) is 6.61 Å². The lowest BCUT2D eigenvalue weighted by atomic mass is 10.0. The third-order valence-electron chi connectivity index (χ3n) is 2.71. The number of aliphatic hydroxyl groups is 1. The van der Waals surface area contributed by atoms with Crippen LogP contribution in [0.1, 0.15) is 18.9 Å². The molecular weight excluding hydrogens is 226 g/mol. The van der Waals surface area contributed by atoms with E-state index in [2.05, 4.69) is 0 Å². The molecule has 2 rings (SSSR count). The van der Waals surface area contributed by atoms with E-state index in [0.29, 0.717) is 13.0 Å². The van der Waals surface area contributed by atoms with Crippen LogP contribution < -0.4 is 10.5 Å². The molecular formula is C15H17NO2. The maximum Gasteiger partial charge on any atom is 0.119 e. The van der Waals surface area contributed by atoms with E-state index >= 15 is 0 Å². The van der Waals surface area contributed by atoms with Crippen LogP contribution >= 0.6 is 0 Å². The van der Waals surface area contributed by atoms with Gasteiger partial charge in [-0.15, -0.1) is 0 Å². The fourth-order valence-corrected chi connectivity index (χ4v) is 1.82. The van der Waals surface area contributed by atoms with Gasteiger partial charge in [0.1, 0.15) is 11.5 Å². The number of hydrogen-bond donors (Lipinski definition) is 2. The van der Waals surface area contributed by atoms with Crippen molar-refractivity contribution in [3.05, 3.63) is 59.0 Å². The molecule has 0 atom stereocenters. The lowest BCUT2D eigenvalue weighted by molar-refractivity contribution is 0.340. The van der Waals surface area contributed by atoms with Gasteiger partial charge >= 0.3 is 0 Å². The van der Waals surface area contributed by atoms with Gasteiger partial charge in [0.15, 0.2) is 0 Å². The van der Waals surface area contributed by atoms with Crippen molar-refractivity contribution in [3.63, 3.8) is 0 Å². The number of allylic oxidation sites excluding steroid dienone is 4. The van der Waals surface area contributed by atoms with Crippen molar-refractivity contribution in [1.82, 2.24) is 0 Å². The summed E-state index contributed by atoms with van der Waals surface area (Å²) in [7, 11) is 0. The van der Waals surface area contributed by atoms with Gasteiger partial charge in [-0.3, -0.25) is 0 Å². The summed E-state index contributed by atoms with van der Waals surface area (Å²) < 4.78 is 5.38. The minimum absolute atomic E-state index is 0.276. The summed E-state index contributed by atoms with van der Waals surface area (Å²) in [5, 5.41) is 9.75. The van der Waals surface area contributed by atoms with Gasteiger partial charge in [-0.1, -0.05) is 12.1 Å². The highest BCUT2D eigenvalue weighted by Crippen LogP contribution is 2.23. The van der Waals surface area contributed by atoms with Crippen molar-refractivity contribution >= 4 is 6.08 Å². The summed E-state index contributed by atoms with van der Waals surface area (Å²) in [6, 6.07) is 7.75. The molecule has 0 spiro atoms. The molecule has 0 saturated heterocycles. The molecule has 0 unspecified atom stereocenters. The Morgan fingerprint density at radius 1 is 1.28 bits per heavy atom. The van der Waals surface area contributed by atoms with E-state index in [1.54, 1.807) is 12.2 Å². The van der Waals surface area contributed by atoms with Crippen LogP contribution in [0, 0.1) is 0 Å². The van der Waals surface area contributed by atoms with Crippen molar-refractivity contribution in [1.29, 1.82) is 0 Å². The average Bonchev–Trinajstić information content (AvgIpc) is 2.37. The molecule has 1 aliphatic rings. The Morgan fingerprint density at radius 2 is 2.00 bits per heavy atom. The van der Waals surface area contributed by atoms with Crippen LogP contribution in [-0.2, 0) is 0 Å². The van der Waals surface area contributed by atoms with Crippen LogP contribution in [0.2, 0.25) is 0 Å². The molecule has 0 radical (unpaired) electrons. The minimum atomic E-state index is 0.276. The lowest BCUT2D eigenvalue weighted by Gasteiger charge is -2.11. The maximum atomic E-state index is 9.75. The standard InChI is InChI=1S/C15H17NO2/c1-2-18-14-6-3-11(4-7-14)9-12-10-13(16)5-8-15(12)17/h3-9,17H,2,10,16H2,1H3. The first-order chi connectivity index (χ1) is 8.69. The van der Waals surface area contributed by atoms with Crippen molar-refractivity contribution in [3.8, 4) is 5.75 Å². The van der Waals surface area contributed by atoms with Crippen molar-refractivity contribution in [2.45, 2.75) is 13.3 Å². The van der Waals surface area contributed by atoms with E-state index in [4.69, 9.17) is 10.5 Å². The first kappa shape index (κ1) is 12.3. The highest BCUT2D eigenvalue weighted by molar-refractivity contribution is 5.60. The Labute approximate surface area is 107 Å². The van der Waals surface area contributed by atoms with Gasteiger partial charge in [-0.2, -0.15) is 0 Å². The van der Waals surface area contributed by atoms with Crippen LogP contribution in [0.3, 0.4) is 0 Å². The van der Waals surface area contributed by atoms with Gasteiger partial charge < -0.3 is 15.6 Å². The van der Waals surface area contributed by atoms with Crippen LogP contribution in [-0.4, -0.2) is 11.7 Å². The van der Waals surface area contributed by atoms with Gasteiger partial charge in [-0.25, -0.2) is 0 Å². The molecule has 3 heteroatoms. The number of rotatable bonds is 3. The first-order valence-corrected chi connectivity index (χ1v) is 5.98. The smallest absolute Gasteiger partial charge is 0.119 e. The number of hydrogen-bond acceptors (Lipinski definition) is 3. The summed E-state index contributed by atoms with van der Waals surface area (Å²) in [6.07, 6.45) is 5.86. The fraction of sp³-hybridized carbons (Fsp3) is 0.200. The molecule has 0 fully saturated rings. The highest BCUT2D eigenvalue weighted by Gasteiger charge is 2.09. The highest BCUT2D eigenvalue weighted by atomic mass is 16.5. The molecule has 0 bridgehead atoms. The largest absolute Gasteiger partial charge is 0.508 e. The zero-order chi connectivity index (χ0) is 13.0. The Balaban J connectivity index is 2.18. The molecule has 1 aromatic rings. The van der Waals surface area contributed by atoms with Crippen molar-refractivity contribution in [2.24, 2.45) is 5.73 Å². The molecule has 3 nitrogen and oxygen atoms in total. The van der Waals surface area contributed by atoms with E-state index in [-0.39, 0.29) is 5.76 Å². The van der Waals surface area contributed by atoms with Gasteiger partial charge in [0.2, 0.25) is 0 Å². The molecule has 0 saturated carbocycles. The molecule has 0 aliphatic heterocycles. The Kier molecular flexibility index (Phi) is 3.72. The number of benzene rings is 1. The second-order valence-electron chi connectivity index (χ2n) is 4.14. The normalized spacial score (nSPS) is 17.3. The molecule has 0 aromatic heterocycles. The summed E-state index contributed by atoms with van der Waals surface area (Å²) in [4.78, 5) is 0. The summed E-state index contributed by atoms with van der Waals surface area (Å²) in [5.41, 5.74) is 8.35. The monoisotopic (exact) mass is 243 g/mol. The molecule has 0 amide bonds. The average molecular weight is 243 g/mol. The molecule has 18 heavy (non-hydrogen) atoms. The summed E-state index contributed by atoms with van der Waals surface area (Å²) in [6.45, 7) is 2.61. The summed E-state index contributed by atoms with van der Waals surface area (Å²) in [5.74, 6) is 1.13. The van der Waals surface area contributed by atoms with Crippen LogP contribution in [0.5, 0.6) is 5.75 Å². The topological polar surface area (TPSA) is 55.5 Å². The predicted molar refractivity (Wildman–Crippen MR) is 73.2 cm³/mol. The predicted octanol–water partition coefficient (Wildman–Crippen LogP) is 3.16. The van der Waals surface area contributed by atoms with Gasteiger partial charge in [-0.05, 0) is 42.8 Å². The molecule has 1 aromatic carbocycles. The number of ether oxygens (including phenoxy) is 1. The fourth-order valence-electron chi connectivity index (χ4n) is 1.82. The second-order valence-corrected chi connectivity index (χ2v) is 4.14. The Hall–Kier alpha value is -2.16. The minimum Gasteiger partial charge on any atom is -0.508 e. The van der Waals surface area contributed by atoms with E-state index < -0.39 is 0 Å². The maximum absolute atomic E-state index is 9.75. The Bertz CT molecular complexity index is 510. The zero-order valence-corrected chi connectivity index (χ0v) is 10.4. The van der Waals surface area contributed by atoms with Crippen molar-refractivity contribution < 1.29 is 9.84 Å². The zero-order valence-electron chi connectivity index (χ0n) is 10.4. The number of nitrogens with two attached hydrogens (primary N) is 1. The second kappa shape index (κ2) is 5.45. The number of aliphatic hydroxyl groups excluding tert-OH is 1. The van der Waals surface area contributed by atoms with Gasteiger partial charge in [0.25, 0.3) is 0 Å². The van der Waals surface area contributed by atoms with Crippen LogP contribution in [0.4, 0.5) is 0 Å². The SMILES string of the molecule is CCOc1ccc(C=C2CC(N)=CC=C2O)cc1. The van der Waals surface area contributed by atoms with Crippen LogP contribution in [0.25, 0.3) is 6.08 Å². The third kappa shape index (κ3) is 2.94. The lowest BCUT2D eigenvalue weighted by Crippen LogP contribution is -2.04. The molecule has 3 N–H and O–H groups in total. The van der Waals surface area contributed by atoms with Crippen LogP contribution in [0.15, 0.2) is 53.4 Å². The van der Waals surface area contributed by atoms with E-state index in [9.17, 15) is 5.11 Å². The summed E-state index contributed by atoms with van der Waals surface area (Å²) >= 11 is 0. The van der Waals surface area contributed by atoms with E-state index in [1.165, 1.54) is 0 Å². The van der Waals surface area contributed by atoms with E-state index in [0.717, 1.165) is 22.6 Å².